The number of hydrogen-bond donors (Lipinski definition) is 0. The van der Waals surface area contributed by atoms with Crippen LogP contribution in [0, 0.1) is 6.92 Å². The van der Waals surface area contributed by atoms with E-state index in [0.29, 0.717) is 5.02 Å². The summed E-state index contributed by atoms with van der Waals surface area (Å²) in [6, 6.07) is 3.79. The van der Waals surface area contributed by atoms with Crippen molar-refractivity contribution >= 4 is 50.0 Å². The van der Waals surface area contributed by atoms with Gasteiger partial charge in [-0.25, -0.2) is 0 Å². The highest BCUT2D eigenvalue weighted by Gasteiger charge is 2.12. The van der Waals surface area contributed by atoms with Crippen molar-refractivity contribution in [2.75, 3.05) is 0 Å². The van der Waals surface area contributed by atoms with Crippen LogP contribution in [0.1, 0.15) is 18.2 Å². The molecular formula is C12H10BrCl2N. The fourth-order valence-electron chi connectivity index (χ4n) is 1.81. The van der Waals surface area contributed by atoms with Crippen molar-refractivity contribution in [3.63, 3.8) is 0 Å². The third kappa shape index (κ3) is 1.94. The summed E-state index contributed by atoms with van der Waals surface area (Å²) in [5, 5.41) is 2.29. The van der Waals surface area contributed by atoms with Crippen molar-refractivity contribution in [2.24, 2.45) is 0 Å². The molecule has 2 rings (SSSR count). The zero-order valence-electron chi connectivity index (χ0n) is 8.94. The number of fused-ring (bicyclic) bond motifs is 1. The molecule has 0 unspecified atom stereocenters. The molecule has 1 aromatic carbocycles. The summed E-state index contributed by atoms with van der Waals surface area (Å²) in [6.45, 7) is 4.03. The summed E-state index contributed by atoms with van der Waals surface area (Å²) in [5.74, 6) is 0. The van der Waals surface area contributed by atoms with Crippen molar-refractivity contribution in [1.29, 1.82) is 0 Å². The van der Waals surface area contributed by atoms with E-state index in [4.69, 9.17) is 23.2 Å². The summed E-state index contributed by atoms with van der Waals surface area (Å²) in [6.07, 6.45) is 0.873. The van der Waals surface area contributed by atoms with Gasteiger partial charge in [-0.2, -0.15) is 0 Å². The van der Waals surface area contributed by atoms with E-state index in [2.05, 4.69) is 27.8 Å². The molecule has 0 aliphatic carbocycles. The fourth-order valence-corrected chi connectivity index (χ4v) is 3.08. The van der Waals surface area contributed by atoms with Gasteiger partial charge >= 0.3 is 0 Å². The molecule has 2 aromatic rings. The Kier molecular flexibility index (Phi) is 3.43. The van der Waals surface area contributed by atoms with Crippen LogP contribution < -0.4 is 0 Å². The number of aromatic nitrogens is 1. The van der Waals surface area contributed by atoms with E-state index in [9.17, 15) is 0 Å². The molecule has 0 amide bonds. The predicted octanol–water partition coefficient (Wildman–Crippen LogP) is 5.17. The molecule has 0 atom stereocenters. The largest absolute Gasteiger partial charge is 0.251 e. The van der Waals surface area contributed by atoms with Crippen molar-refractivity contribution in [2.45, 2.75) is 20.3 Å². The Morgan fingerprint density at radius 3 is 2.62 bits per heavy atom. The minimum atomic E-state index is 0.622. The maximum absolute atomic E-state index is 6.37. The first-order chi connectivity index (χ1) is 7.54. The van der Waals surface area contributed by atoms with Crippen LogP contribution >= 0.6 is 39.1 Å². The Bertz CT molecular complexity index is 567. The zero-order valence-corrected chi connectivity index (χ0v) is 12.0. The quantitative estimate of drug-likeness (QED) is 0.706. The van der Waals surface area contributed by atoms with Crippen molar-refractivity contribution in [3.8, 4) is 0 Å². The van der Waals surface area contributed by atoms with Crippen LogP contribution in [0.5, 0.6) is 0 Å². The van der Waals surface area contributed by atoms with E-state index in [-0.39, 0.29) is 0 Å². The molecule has 0 saturated carbocycles. The van der Waals surface area contributed by atoms with Crippen molar-refractivity contribution < 1.29 is 0 Å². The van der Waals surface area contributed by atoms with Crippen LogP contribution in [-0.4, -0.2) is 4.98 Å². The van der Waals surface area contributed by atoms with Gasteiger partial charge in [0.2, 0.25) is 0 Å². The summed E-state index contributed by atoms with van der Waals surface area (Å²) in [5.41, 5.74) is 2.80. The number of aryl methyl sites for hydroxylation is 1. The maximum atomic E-state index is 6.37. The monoisotopic (exact) mass is 317 g/mol. The first kappa shape index (κ1) is 12.2. The topological polar surface area (TPSA) is 12.9 Å². The van der Waals surface area contributed by atoms with Gasteiger partial charge in [-0.1, -0.05) is 46.1 Å². The molecule has 0 spiro atoms. The zero-order chi connectivity index (χ0) is 11.9. The molecule has 0 aliphatic rings. The lowest BCUT2D eigenvalue weighted by molar-refractivity contribution is 1.07. The van der Waals surface area contributed by atoms with Gasteiger partial charge < -0.3 is 0 Å². The van der Waals surface area contributed by atoms with Crippen LogP contribution in [-0.2, 0) is 6.42 Å². The summed E-state index contributed by atoms with van der Waals surface area (Å²) in [4.78, 5) is 4.51. The molecule has 0 aliphatic heterocycles. The average Bonchev–Trinajstić information content (AvgIpc) is 2.21. The first-order valence-corrected chi connectivity index (χ1v) is 6.53. The van der Waals surface area contributed by atoms with Crippen LogP contribution in [0.4, 0.5) is 0 Å². The van der Waals surface area contributed by atoms with E-state index >= 15 is 0 Å². The molecule has 84 valence electrons. The summed E-state index contributed by atoms with van der Waals surface area (Å²) < 4.78 is 0.916. The molecular weight excluding hydrogens is 309 g/mol. The second-order valence-corrected chi connectivity index (χ2v) is 5.33. The first-order valence-electron chi connectivity index (χ1n) is 4.98. The smallest absolute Gasteiger partial charge is 0.0907 e. The maximum Gasteiger partial charge on any atom is 0.0907 e. The van der Waals surface area contributed by atoms with E-state index in [1.165, 1.54) is 0 Å². The number of pyridine rings is 1. The average molecular weight is 319 g/mol. The Hall–Kier alpha value is -0.310. The molecule has 4 heteroatoms. The standard InChI is InChI=1S/C12H10BrCl2N/c1-3-8-6(2)16-12-9(11(8)15)4-7(13)5-10(12)14/h4-5H,3H2,1-2H3. The molecule has 0 radical (unpaired) electrons. The third-order valence-corrected chi connectivity index (χ3v) is 3.78. The van der Waals surface area contributed by atoms with E-state index in [0.717, 1.165) is 38.1 Å². The SMILES string of the molecule is CCc1c(C)nc2c(Cl)cc(Br)cc2c1Cl. The van der Waals surface area contributed by atoms with Crippen LogP contribution in [0.2, 0.25) is 10.0 Å². The molecule has 0 bridgehead atoms. The summed E-state index contributed by atoms with van der Waals surface area (Å²) in [7, 11) is 0. The third-order valence-electron chi connectivity index (χ3n) is 2.60. The fraction of sp³-hybridized carbons (Fsp3) is 0.250. The normalized spacial score (nSPS) is 11.1. The molecule has 0 N–H and O–H groups in total. The van der Waals surface area contributed by atoms with E-state index in [1.807, 2.05) is 19.1 Å². The number of nitrogens with zero attached hydrogens (tertiary/aromatic N) is 1. The van der Waals surface area contributed by atoms with Gasteiger partial charge in [0.1, 0.15) is 0 Å². The number of rotatable bonds is 1. The second kappa shape index (κ2) is 4.52. The van der Waals surface area contributed by atoms with Gasteiger partial charge in [0.25, 0.3) is 0 Å². The lowest BCUT2D eigenvalue weighted by atomic mass is 10.1. The van der Waals surface area contributed by atoms with Gasteiger partial charge in [-0.05, 0) is 31.0 Å². The minimum Gasteiger partial charge on any atom is -0.251 e. The van der Waals surface area contributed by atoms with Crippen molar-refractivity contribution in [3.05, 3.63) is 37.9 Å². The highest BCUT2D eigenvalue weighted by Crippen LogP contribution is 2.34. The summed E-state index contributed by atoms with van der Waals surface area (Å²) >= 11 is 15.9. The van der Waals surface area contributed by atoms with Crippen LogP contribution in [0.15, 0.2) is 16.6 Å². The Morgan fingerprint density at radius 2 is 2.00 bits per heavy atom. The lowest BCUT2D eigenvalue weighted by Crippen LogP contribution is -1.95. The predicted molar refractivity (Wildman–Crippen MR) is 73.6 cm³/mol. The number of halogens is 3. The Morgan fingerprint density at radius 1 is 1.31 bits per heavy atom. The van der Waals surface area contributed by atoms with E-state index < -0.39 is 0 Å². The van der Waals surface area contributed by atoms with E-state index in [1.54, 1.807) is 0 Å². The Balaban J connectivity index is 2.93. The van der Waals surface area contributed by atoms with Crippen LogP contribution in [0.3, 0.4) is 0 Å². The molecule has 1 nitrogen and oxygen atoms in total. The van der Waals surface area contributed by atoms with Crippen molar-refractivity contribution in [1.82, 2.24) is 4.98 Å². The van der Waals surface area contributed by atoms with Crippen LogP contribution in [0.25, 0.3) is 10.9 Å². The van der Waals surface area contributed by atoms with Gasteiger partial charge in [0, 0.05) is 15.6 Å². The molecule has 0 saturated heterocycles. The molecule has 16 heavy (non-hydrogen) atoms. The highest BCUT2D eigenvalue weighted by molar-refractivity contribution is 9.10. The lowest BCUT2D eigenvalue weighted by Gasteiger charge is -2.10. The highest BCUT2D eigenvalue weighted by atomic mass is 79.9. The molecule has 1 aromatic heterocycles. The van der Waals surface area contributed by atoms with Gasteiger partial charge in [0.15, 0.2) is 0 Å². The molecule has 1 heterocycles. The Labute approximate surface area is 113 Å². The van der Waals surface area contributed by atoms with Gasteiger partial charge in [-0.15, -0.1) is 0 Å². The number of hydrogen-bond acceptors (Lipinski definition) is 1. The van der Waals surface area contributed by atoms with Gasteiger partial charge in [-0.3, -0.25) is 4.98 Å². The minimum absolute atomic E-state index is 0.622. The second-order valence-electron chi connectivity index (χ2n) is 3.63. The van der Waals surface area contributed by atoms with Gasteiger partial charge in [0.05, 0.1) is 15.6 Å². The number of benzene rings is 1. The molecule has 0 fully saturated rings.